The Hall–Kier alpha value is -4.72. The van der Waals surface area contributed by atoms with Crippen molar-refractivity contribution in [1.29, 1.82) is 0 Å². The van der Waals surface area contributed by atoms with Gasteiger partial charge in [-0.1, -0.05) is 48.5 Å². The Morgan fingerprint density at radius 1 is 1.03 bits per heavy atom. The number of carboxylic acid groups (broad SMARTS) is 1. The number of aliphatic carboxylic acids is 1. The van der Waals surface area contributed by atoms with Crippen molar-refractivity contribution in [1.82, 2.24) is 14.8 Å². The van der Waals surface area contributed by atoms with Crippen molar-refractivity contribution in [2.75, 3.05) is 6.54 Å². The predicted molar refractivity (Wildman–Crippen MR) is 131 cm³/mol. The van der Waals surface area contributed by atoms with E-state index < -0.39 is 5.97 Å². The third-order valence-corrected chi connectivity index (χ3v) is 5.56. The van der Waals surface area contributed by atoms with Crippen LogP contribution in [0.2, 0.25) is 0 Å². The van der Waals surface area contributed by atoms with E-state index in [4.69, 9.17) is 14.6 Å². The van der Waals surface area contributed by atoms with Crippen molar-refractivity contribution in [3.63, 3.8) is 0 Å². The number of benzene rings is 2. The maximum absolute atomic E-state index is 13.3. The molecule has 1 aliphatic heterocycles. The summed E-state index contributed by atoms with van der Waals surface area (Å²) < 4.78 is 7.59. The van der Waals surface area contributed by atoms with Crippen molar-refractivity contribution >= 4 is 23.7 Å². The summed E-state index contributed by atoms with van der Waals surface area (Å²) in [6.07, 6.45) is 3.38. The fourth-order valence-electron chi connectivity index (χ4n) is 3.87. The summed E-state index contributed by atoms with van der Waals surface area (Å²) in [7, 11) is 0. The van der Waals surface area contributed by atoms with Gasteiger partial charge < -0.3 is 9.52 Å². The summed E-state index contributed by atoms with van der Waals surface area (Å²) in [4.78, 5) is 24.4. The highest BCUT2D eigenvalue weighted by Crippen LogP contribution is 2.30. The molecule has 0 atom stereocenters. The lowest BCUT2D eigenvalue weighted by molar-refractivity contribution is -0.137. The molecule has 8 heteroatoms. The van der Waals surface area contributed by atoms with E-state index in [0.29, 0.717) is 28.3 Å². The van der Waals surface area contributed by atoms with E-state index in [1.165, 1.54) is 5.01 Å². The van der Waals surface area contributed by atoms with Gasteiger partial charge in [-0.3, -0.25) is 9.59 Å². The smallest absolute Gasteiger partial charge is 0.305 e. The predicted octanol–water partition coefficient (Wildman–Crippen LogP) is 4.55. The number of carbonyl (C=O) groups is 2. The van der Waals surface area contributed by atoms with Crippen LogP contribution in [0.25, 0.3) is 23.2 Å². The minimum atomic E-state index is -0.994. The number of carboxylic acids is 1. The minimum absolute atomic E-state index is 0.0185. The number of carbonyl (C=O) groups excluding carboxylic acids is 1. The molecule has 0 spiro atoms. The number of hydrazone groups is 1. The number of nitrogens with zero attached hydrogens (tertiary/aromatic N) is 4. The first-order chi connectivity index (χ1) is 17.0. The maximum Gasteiger partial charge on any atom is 0.305 e. The van der Waals surface area contributed by atoms with Crippen LogP contribution in [0, 0.1) is 6.92 Å². The molecule has 0 saturated carbocycles. The Balaban J connectivity index is 1.63. The van der Waals surface area contributed by atoms with Crippen LogP contribution >= 0.6 is 0 Å². The third kappa shape index (κ3) is 4.54. The second-order valence-corrected chi connectivity index (χ2v) is 8.07. The molecule has 3 heterocycles. The van der Waals surface area contributed by atoms with E-state index in [2.05, 4.69) is 5.10 Å². The molecular weight excluding hydrogens is 444 g/mol. The number of hydrogen-bond donors (Lipinski definition) is 1. The topological polar surface area (TPSA) is 101 Å². The first-order valence-electron chi connectivity index (χ1n) is 11.1. The zero-order valence-electron chi connectivity index (χ0n) is 19.0. The van der Waals surface area contributed by atoms with E-state index in [-0.39, 0.29) is 18.9 Å². The molecule has 4 aromatic rings. The quantitative estimate of drug-likeness (QED) is 0.403. The molecular formula is C27H22N4O4. The first kappa shape index (κ1) is 22.1. The third-order valence-electron chi connectivity index (χ3n) is 5.56. The fraction of sp³-hybridized carbons (Fsp3) is 0.111. The lowest BCUT2D eigenvalue weighted by Gasteiger charge is -2.09. The van der Waals surface area contributed by atoms with E-state index in [1.807, 2.05) is 85.9 Å². The van der Waals surface area contributed by atoms with E-state index in [9.17, 15) is 9.59 Å². The van der Waals surface area contributed by atoms with E-state index in [0.717, 1.165) is 17.0 Å². The largest absolute Gasteiger partial charge is 0.481 e. The molecule has 0 aliphatic carbocycles. The molecule has 2 aromatic heterocycles. The molecule has 0 fully saturated rings. The normalized spacial score (nSPS) is 14.5. The van der Waals surface area contributed by atoms with Gasteiger partial charge in [0.05, 0.1) is 24.2 Å². The Labute approximate surface area is 201 Å². The standard InChI is InChI=1S/C27H22N4O4/c1-18-12-13-23(35-18)26-20(17-31(29-26)21-10-6-3-7-11-21)16-22-25(19-8-4-2-5-9-19)28-30(27(22)34)15-14-24(32)33/h2-13,16-17H,14-15H2,1H3,(H,32,33)/b22-16-. The number of aryl methyl sites for hydroxylation is 1. The molecule has 5 rings (SSSR count). The number of para-hydroxylation sites is 1. The van der Waals surface area contributed by atoms with E-state index >= 15 is 0 Å². The van der Waals surface area contributed by atoms with Gasteiger partial charge in [0.1, 0.15) is 17.2 Å². The van der Waals surface area contributed by atoms with E-state index in [1.54, 1.807) is 10.8 Å². The summed E-state index contributed by atoms with van der Waals surface area (Å²) in [5.74, 6) is -0.0305. The molecule has 0 saturated heterocycles. The number of hydrogen-bond acceptors (Lipinski definition) is 5. The van der Waals surface area contributed by atoms with Crippen LogP contribution in [0.4, 0.5) is 0 Å². The van der Waals surface area contributed by atoms with Gasteiger partial charge in [0.2, 0.25) is 0 Å². The second kappa shape index (κ2) is 9.26. The summed E-state index contributed by atoms with van der Waals surface area (Å²) in [6.45, 7) is 1.84. The monoisotopic (exact) mass is 466 g/mol. The Morgan fingerprint density at radius 2 is 1.74 bits per heavy atom. The first-order valence-corrected chi connectivity index (χ1v) is 11.1. The van der Waals surface area contributed by atoms with Crippen LogP contribution in [0.5, 0.6) is 0 Å². The van der Waals surface area contributed by atoms with Crippen LogP contribution in [0.1, 0.15) is 23.3 Å². The highest BCUT2D eigenvalue weighted by molar-refractivity contribution is 6.33. The summed E-state index contributed by atoms with van der Waals surface area (Å²) in [5.41, 5.74) is 3.72. The second-order valence-electron chi connectivity index (χ2n) is 8.07. The van der Waals surface area contributed by atoms with Gasteiger partial charge in [-0.2, -0.15) is 10.2 Å². The average molecular weight is 466 g/mol. The molecule has 0 radical (unpaired) electrons. The van der Waals surface area contributed by atoms with Crippen LogP contribution in [0.15, 0.2) is 94.1 Å². The summed E-state index contributed by atoms with van der Waals surface area (Å²) in [5, 5.41) is 19.5. The molecule has 174 valence electrons. The van der Waals surface area contributed by atoms with Gasteiger partial charge >= 0.3 is 5.97 Å². The van der Waals surface area contributed by atoms with Crippen molar-refractivity contribution in [2.45, 2.75) is 13.3 Å². The summed E-state index contributed by atoms with van der Waals surface area (Å²) >= 11 is 0. The molecule has 0 unspecified atom stereocenters. The lowest BCUT2D eigenvalue weighted by Crippen LogP contribution is -2.24. The highest BCUT2D eigenvalue weighted by atomic mass is 16.4. The number of aromatic nitrogens is 2. The number of amides is 1. The zero-order valence-corrected chi connectivity index (χ0v) is 19.0. The molecule has 35 heavy (non-hydrogen) atoms. The van der Waals surface area contributed by atoms with Crippen LogP contribution < -0.4 is 0 Å². The zero-order chi connectivity index (χ0) is 24.4. The van der Waals surface area contributed by atoms with Gasteiger partial charge in [-0.15, -0.1) is 0 Å². The Kier molecular flexibility index (Phi) is 5.85. The lowest BCUT2D eigenvalue weighted by atomic mass is 10.00. The SMILES string of the molecule is Cc1ccc(-c2nn(-c3ccccc3)cc2/C=C2\C(=O)N(CCC(=O)O)N=C2c2ccccc2)o1. The average Bonchev–Trinajstić information content (AvgIpc) is 3.57. The minimum Gasteiger partial charge on any atom is -0.481 e. The van der Waals surface area contributed by atoms with Gasteiger partial charge in [0.15, 0.2) is 5.76 Å². The van der Waals surface area contributed by atoms with Gasteiger partial charge in [0.25, 0.3) is 5.91 Å². The van der Waals surface area contributed by atoms with Crippen LogP contribution in [0.3, 0.4) is 0 Å². The molecule has 1 N–H and O–H groups in total. The molecule has 8 nitrogen and oxygen atoms in total. The van der Waals surface area contributed by atoms with Crippen LogP contribution in [-0.4, -0.2) is 44.0 Å². The van der Waals surface area contributed by atoms with Gasteiger partial charge in [0, 0.05) is 17.3 Å². The summed E-state index contributed by atoms with van der Waals surface area (Å²) in [6, 6.07) is 22.7. The van der Waals surface area contributed by atoms with Crippen molar-refractivity contribution in [2.24, 2.45) is 5.10 Å². The maximum atomic E-state index is 13.3. The fourth-order valence-corrected chi connectivity index (χ4v) is 3.87. The molecule has 1 amide bonds. The molecule has 1 aliphatic rings. The number of furan rings is 1. The molecule has 2 aromatic carbocycles. The Morgan fingerprint density at radius 3 is 2.40 bits per heavy atom. The van der Waals surface area contributed by atoms with Crippen molar-refractivity contribution in [3.05, 3.63) is 101 Å². The van der Waals surface area contributed by atoms with Crippen LogP contribution in [-0.2, 0) is 9.59 Å². The van der Waals surface area contributed by atoms with Gasteiger partial charge in [-0.05, 0) is 37.3 Å². The molecule has 0 bridgehead atoms. The van der Waals surface area contributed by atoms with Crippen molar-refractivity contribution in [3.8, 4) is 17.1 Å². The highest BCUT2D eigenvalue weighted by Gasteiger charge is 2.31. The Bertz CT molecular complexity index is 1450. The number of rotatable bonds is 7. The van der Waals surface area contributed by atoms with Crippen molar-refractivity contribution < 1.29 is 19.1 Å². The van der Waals surface area contributed by atoms with Gasteiger partial charge in [-0.25, -0.2) is 9.69 Å².